The van der Waals surface area contributed by atoms with Crippen molar-refractivity contribution >= 4 is 23.4 Å². The number of nitrogens with two attached hydrogens (primary N) is 1. The van der Waals surface area contributed by atoms with E-state index in [9.17, 15) is 4.79 Å². The maximum Gasteiger partial charge on any atom is 0.252 e. The molecule has 0 aromatic heterocycles. The van der Waals surface area contributed by atoms with Crippen molar-refractivity contribution < 1.29 is 14.3 Å². The van der Waals surface area contributed by atoms with Crippen LogP contribution in [0.4, 0.5) is 5.69 Å². The second kappa shape index (κ2) is 12.3. The molecule has 1 amide bonds. The Labute approximate surface area is 220 Å². The molecule has 2 aromatic carbocycles. The molecule has 0 spiro atoms. The van der Waals surface area contributed by atoms with E-state index in [1.165, 1.54) is 6.20 Å². The van der Waals surface area contributed by atoms with Crippen LogP contribution in [0.2, 0.25) is 0 Å². The molecule has 2 aromatic rings. The van der Waals surface area contributed by atoms with Gasteiger partial charge in [-0.05, 0) is 60.9 Å². The van der Waals surface area contributed by atoms with E-state index in [1.807, 2.05) is 44.2 Å². The molecular formula is C29H39N5O3. The van der Waals surface area contributed by atoms with Gasteiger partial charge in [-0.1, -0.05) is 6.07 Å². The summed E-state index contributed by atoms with van der Waals surface area (Å²) in [7, 11) is 3.33. The number of allylic oxidation sites excluding steroid dienone is 1. The van der Waals surface area contributed by atoms with E-state index in [2.05, 4.69) is 26.2 Å². The zero-order chi connectivity index (χ0) is 26.4. The number of piperazine rings is 1. The first-order valence-corrected chi connectivity index (χ1v) is 12.9. The van der Waals surface area contributed by atoms with Gasteiger partial charge in [-0.25, -0.2) is 0 Å². The molecule has 4 rings (SSSR count). The van der Waals surface area contributed by atoms with Crippen molar-refractivity contribution in [2.24, 2.45) is 16.6 Å². The van der Waals surface area contributed by atoms with Crippen LogP contribution >= 0.6 is 0 Å². The van der Waals surface area contributed by atoms with Crippen molar-refractivity contribution in [3.63, 3.8) is 0 Å². The highest BCUT2D eigenvalue weighted by Crippen LogP contribution is 2.27. The van der Waals surface area contributed by atoms with Crippen LogP contribution < -0.4 is 20.7 Å². The van der Waals surface area contributed by atoms with Gasteiger partial charge in [-0.15, -0.1) is 0 Å². The van der Waals surface area contributed by atoms with Crippen LogP contribution in [0.5, 0.6) is 5.75 Å². The molecule has 0 aliphatic carbocycles. The van der Waals surface area contributed by atoms with Crippen molar-refractivity contribution in [1.29, 1.82) is 0 Å². The summed E-state index contributed by atoms with van der Waals surface area (Å²) in [6.45, 7) is 10.8. The summed E-state index contributed by atoms with van der Waals surface area (Å²) in [5.74, 6) is 1.28. The second-order valence-corrected chi connectivity index (χ2v) is 9.89. The van der Waals surface area contributed by atoms with Gasteiger partial charge in [0.05, 0.1) is 26.4 Å². The monoisotopic (exact) mass is 505 g/mol. The van der Waals surface area contributed by atoms with Crippen molar-refractivity contribution in [1.82, 2.24) is 10.2 Å². The molecule has 37 heavy (non-hydrogen) atoms. The third-order valence-corrected chi connectivity index (χ3v) is 7.22. The molecule has 0 unspecified atom stereocenters. The standard InChI is InChI=1S/C29H39N5O3/c1-20-5-6-26(34-9-7-33(8-10-34)17-22-18-37-19-22)14-28(20)29(35)32-21(2)23-11-24(13-27(12-23)36-4)25(15-30)16-31-3/h5-6,11-16,21-22H,7-10,17-19,30H2,1-4H3,(H,32,35)/b25-15+,31-16?/t21-/m1/s1. The fraction of sp³-hybridized carbons (Fsp3) is 0.448. The summed E-state index contributed by atoms with van der Waals surface area (Å²) in [6.07, 6.45) is 3.23. The van der Waals surface area contributed by atoms with E-state index in [0.29, 0.717) is 17.2 Å². The number of amides is 1. The van der Waals surface area contributed by atoms with Gasteiger partial charge in [0.1, 0.15) is 5.75 Å². The first kappa shape index (κ1) is 26.7. The smallest absolute Gasteiger partial charge is 0.252 e. The largest absolute Gasteiger partial charge is 0.497 e. The maximum absolute atomic E-state index is 13.4. The fourth-order valence-corrected chi connectivity index (χ4v) is 4.86. The second-order valence-electron chi connectivity index (χ2n) is 9.89. The lowest BCUT2D eigenvalue weighted by Crippen LogP contribution is -2.50. The van der Waals surface area contributed by atoms with Gasteiger partial charge >= 0.3 is 0 Å². The van der Waals surface area contributed by atoms with E-state index < -0.39 is 0 Å². The molecule has 2 aliphatic rings. The number of carbonyl (C=O) groups excluding carboxylic acids is 1. The normalized spacial score (nSPS) is 18.1. The Hall–Kier alpha value is -3.36. The summed E-state index contributed by atoms with van der Waals surface area (Å²) in [5.41, 5.74) is 11.2. The van der Waals surface area contributed by atoms with Crippen molar-refractivity contribution in [3.8, 4) is 5.75 Å². The maximum atomic E-state index is 13.4. The molecule has 0 saturated carbocycles. The Kier molecular flexibility index (Phi) is 8.84. The molecule has 8 nitrogen and oxygen atoms in total. The molecular weight excluding hydrogens is 466 g/mol. The van der Waals surface area contributed by atoms with Crippen LogP contribution in [-0.4, -0.2) is 77.1 Å². The lowest BCUT2D eigenvalue weighted by molar-refractivity contribution is -0.0468. The highest BCUT2D eigenvalue weighted by molar-refractivity contribution is 6.09. The average Bonchev–Trinajstić information content (AvgIpc) is 2.89. The van der Waals surface area contributed by atoms with Gasteiger partial charge in [0.25, 0.3) is 5.91 Å². The van der Waals surface area contributed by atoms with Crippen molar-refractivity contribution in [3.05, 3.63) is 64.9 Å². The highest BCUT2D eigenvalue weighted by atomic mass is 16.5. The van der Waals surface area contributed by atoms with E-state index >= 15 is 0 Å². The predicted molar refractivity (Wildman–Crippen MR) is 150 cm³/mol. The van der Waals surface area contributed by atoms with Gasteiger partial charge in [0.2, 0.25) is 0 Å². The topological polar surface area (TPSA) is 92.4 Å². The summed E-state index contributed by atoms with van der Waals surface area (Å²) >= 11 is 0. The van der Waals surface area contributed by atoms with Crippen LogP contribution in [0.1, 0.15) is 40.0 Å². The van der Waals surface area contributed by atoms with Crippen molar-refractivity contribution in [2.75, 3.05) is 65.0 Å². The number of nitrogens with zero attached hydrogens (tertiary/aromatic N) is 3. The minimum atomic E-state index is -0.235. The van der Waals surface area contributed by atoms with E-state index in [0.717, 1.165) is 73.9 Å². The predicted octanol–water partition coefficient (Wildman–Crippen LogP) is 3.26. The van der Waals surface area contributed by atoms with Crippen LogP contribution in [0.25, 0.3) is 5.57 Å². The number of aliphatic imine (C=N–C) groups is 1. The summed E-state index contributed by atoms with van der Waals surface area (Å²) in [5, 5.41) is 3.17. The van der Waals surface area contributed by atoms with Crippen molar-refractivity contribution in [2.45, 2.75) is 19.9 Å². The Bertz CT molecular complexity index is 1150. The molecule has 2 aliphatic heterocycles. The molecule has 2 heterocycles. The number of nitrogens with one attached hydrogen (secondary N) is 1. The zero-order valence-corrected chi connectivity index (χ0v) is 22.4. The first-order valence-electron chi connectivity index (χ1n) is 12.9. The minimum Gasteiger partial charge on any atom is -0.497 e. The number of methoxy groups -OCH3 is 1. The average molecular weight is 506 g/mol. The van der Waals surface area contributed by atoms with Crippen LogP contribution in [-0.2, 0) is 4.74 Å². The van der Waals surface area contributed by atoms with Crippen LogP contribution in [0.3, 0.4) is 0 Å². The number of anilines is 1. The first-order chi connectivity index (χ1) is 17.9. The Morgan fingerprint density at radius 2 is 1.97 bits per heavy atom. The number of rotatable bonds is 9. The Balaban J connectivity index is 1.45. The minimum absolute atomic E-state index is 0.0930. The van der Waals surface area contributed by atoms with E-state index in [1.54, 1.807) is 20.4 Å². The molecule has 198 valence electrons. The molecule has 0 bridgehead atoms. The number of hydrogen-bond donors (Lipinski definition) is 2. The number of ether oxygens (including phenoxy) is 2. The summed E-state index contributed by atoms with van der Waals surface area (Å²) in [6, 6.07) is 11.8. The number of benzene rings is 2. The zero-order valence-electron chi connectivity index (χ0n) is 22.4. The van der Waals surface area contributed by atoms with Gasteiger partial charge < -0.3 is 25.4 Å². The van der Waals surface area contributed by atoms with E-state index in [-0.39, 0.29) is 11.9 Å². The molecule has 0 radical (unpaired) electrons. The molecule has 3 N–H and O–H groups in total. The molecule has 2 fully saturated rings. The quantitative estimate of drug-likeness (QED) is 0.509. The Morgan fingerprint density at radius 3 is 2.59 bits per heavy atom. The SMILES string of the molecule is CN=C/C(=C\N)c1cc(OC)cc([C@@H](C)NC(=O)c2cc(N3CCN(CC4COC4)CC3)ccc2C)c1. The third-order valence-electron chi connectivity index (χ3n) is 7.22. The molecule has 8 heteroatoms. The summed E-state index contributed by atoms with van der Waals surface area (Å²) in [4.78, 5) is 22.4. The van der Waals surface area contributed by atoms with E-state index in [4.69, 9.17) is 15.2 Å². The van der Waals surface area contributed by atoms with Crippen LogP contribution in [0, 0.1) is 12.8 Å². The fourth-order valence-electron chi connectivity index (χ4n) is 4.86. The number of hydrogen-bond acceptors (Lipinski definition) is 7. The third kappa shape index (κ3) is 6.50. The van der Waals surface area contributed by atoms with Crippen LogP contribution in [0.15, 0.2) is 47.6 Å². The van der Waals surface area contributed by atoms with Gasteiger partial charge in [-0.3, -0.25) is 14.7 Å². The number of carbonyl (C=O) groups is 1. The Morgan fingerprint density at radius 1 is 1.22 bits per heavy atom. The summed E-state index contributed by atoms with van der Waals surface area (Å²) < 4.78 is 10.8. The highest BCUT2D eigenvalue weighted by Gasteiger charge is 2.25. The molecule has 1 atom stereocenters. The molecule has 2 saturated heterocycles. The number of aryl methyl sites for hydroxylation is 1. The van der Waals surface area contributed by atoms with Gasteiger partial charge in [0.15, 0.2) is 0 Å². The lowest BCUT2D eigenvalue weighted by Gasteiger charge is -2.39. The van der Waals surface area contributed by atoms with Gasteiger partial charge in [-0.2, -0.15) is 0 Å². The lowest BCUT2D eigenvalue weighted by atomic mass is 9.99. The van der Waals surface area contributed by atoms with Gasteiger partial charge in [0, 0.05) is 74.9 Å².